The highest BCUT2D eigenvalue weighted by atomic mass is 16.5. The molecule has 0 spiro atoms. The number of aromatic hydroxyl groups is 1. The van der Waals surface area contributed by atoms with Crippen LogP contribution < -0.4 is 10.1 Å². The van der Waals surface area contributed by atoms with Crippen molar-refractivity contribution in [2.45, 2.75) is 19.4 Å². The average molecular weight is 271 g/mol. The van der Waals surface area contributed by atoms with Crippen molar-refractivity contribution in [3.8, 4) is 11.5 Å². The van der Waals surface area contributed by atoms with Gasteiger partial charge in [-0.05, 0) is 29.2 Å². The van der Waals surface area contributed by atoms with Gasteiger partial charge in [-0.1, -0.05) is 43.3 Å². The summed E-state index contributed by atoms with van der Waals surface area (Å²) in [6.07, 6.45) is 0. The van der Waals surface area contributed by atoms with Crippen LogP contribution >= 0.6 is 0 Å². The maximum atomic E-state index is 9.55. The number of ether oxygens (including phenoxy) is 1. The van der Waals surface area contributed by atoms with E-state index in [9.17, 15) is 5.11 Å². The second kappa shape index (κ2) is 6.96. The average Bonchev–Trinajstić information content (AvgIpc) is 2.49. The molecule has 0 aliphatic carbocycles. The Kier molecular flexibility index (Phi) is 5.02. The Labute approximate surface area is 120 Å². The van der Waals surface area contributed by atoms with Crippen LogP contribution in [0.2, 0.25) is 0 Å². The first kappa shape index (κ1) is 14.4. The Bertz CT molecular complexity index is 540. The molecular weight excluding hydrogens is 250 g/mol. The largest absolute Gasteiger partial charge is 0.504 e. The molecule has 0 radical (unpaired) electrons. The first-order valence-electron chi connectivity index (χ1n) is 6.82. The molecule has 0 saturated heterocycles. The normalized spacial score (nSPS) is 12.1. The Balaban J connectivity index is 1.87. The van der Waals surface area contributed by atoms with Crippen molar-refractivity contribution in [1.82, 2.24) is 5.32 Å². The molecule has 2 aromatic carbocycles. The topological polar surface area (TPSA) is 41.5 Å². The fourth-order valence-corrected chi connectivity index (χ4v) is 2.16. The van der Waals surface area contributed by atoms with Gasteiger partial charge in [-0.2, -0.15) is 0 Å². The van der Waals surface area contributed by atoms with E-state index in [1.807, 2.05) is 18.2 Å². The van der Waals surface area contributed by atoms with Crippen LogP contribution in [0.4, 0.5) is 0 Å². The van der Waals surface area contributed by atoms with E-state index in [2.05, 4.69) is 36.5 Å². The number of methoxy groups -OCH3 is 1. The van der Waals surface area contributed by atoms with Crippen LogP contribution in [0.15, 0.2) is 48.5 Å². The number of phenols is 1. The minimum absolute atomic E-state index is 0.175. The van der Waals surface area contributed by atoms with Gasteiger partial charge in [0, 0.05) is 13.1 Å². The van der Waals surface area contributed by atoms with Crippen molar-refractivity contribution >= 4 is 0 Å². The van der Waals surface area contributed by atoms with Crippen LogP contribution in [0.25, 0.3) is 0 Å². The predicted octanol–water partition coefficient (Wildman–Crippen LogP) is 3.29. The number of phenolic OH excluding ortho intramolecular Hbond substituents is 1. The lowest BCUT2D eigenvalue weighted by Gasteiger charge is -2.13. The zero-order valence-electron chi connectivity index (χ0n) is 12.0. The molecule has 0 saturated carbocycles. The number of hydrogen-bond acceptors (Lipinski definition) is 3. The Morgan fingerprint density at radius 2 is 1.90 bits per heavy atom. The molecular formula is C17H21NO2. The van der Waals surface area contributed by atoms with E-state index >= 15 is 0 Å². The molecule has 0 aliphatic rings. The van der Waals surface area contributed by atoms with E-state index in [1.54, 1.807) is 13.2 Å². The van der Waals surface area contributed by atoms with Gasteiger partial charge in [-0.3, -0.25) is 0 Å². The Morgan fingerprint density at radius 1 is 1.15 bits per heavy atom. The Morgan fingerprint density at radius 3 is 2.60 bits per heavy atom. The third-order valence-electron chi connectivity index (χ3n) is 3.39. The zero-order chi connectivity index (χ0) is 14.4. The summed E-state index contributed by atoms with van der Waals surface area (Å²) in [7, 11) is 1.56. The van der Waals surface area contributed by atoms with Gasteiger partial charge in [0.2, 0.25) is 0 Å². The second-order valence-electron chi connectivity index (χ2n) is 4.95. The van der Waals surface area contributed by atoms with Gasteiger partial charge in [0.05, 0.1) is 7.11 Å². The maximum Gasteiger partial charge on any atom is 0.160 e. The molecule has 20 heavy (non-hydrogen) atoms. The smallest absolute Gasteiger partial charge is 0.160 e. The van der Waals surface area contributed by atoms with Crippen molar-refractivity contribution in [2.24, 2.45) is 0 Å². The molecule has 0 amide bonds. The molecule has 1 atom stereocenters. The van der Waals surface area contributed by atoms with E-state index in [0.29, 0.717) is 11.7 Å². The molecule has 2 rings (SSSR count). The molecule has 3 heteroatoms. The van der Waals surface area contributed by atoms with Crippen LogP contribution in [0.1, 0.15) is 24.0 Å². The van der Waals surface area contributed by atoms with Crippen molar-refractivity contribution < 1.29 is 9.84 Å². The number of rotatable bonds is 6. The fourth-order valence-electron chi connectivity index (χ4n) is 2.16. The third-order valence-corrected chi connectivity index (χ3v) is 3.39. The summed E-state index contributed by atoms with van der Waals surface area (Å²) in [5.74, 6) is 1.16. The fraction of sp³-hybridized carbons (Fsp3) is 0.294. The predicted molar refractivity (Wildman–Crippen MR) is 81.2 cm³/mol. The number of benzene rings is 2. The molecule has 0 bridgehead atoms. The molecule has 1 unspecified atom stereocenters. The van der Waals surface area contributed by atoms with Crippen LogP contribution in [0, 0.1) is 0 Å². The maximum absolute atomic E-state index is 9.55. The molecule has 0 aliphatic heterocycles. The summed E-state index contributed by atoms with van der Waals surface area (Å²) >= 11 is 0. The minimum Gasteiger partial charge on any atom is -0.504 e. The summed E-state index contributed by atoms with van der Waals surface area (Å²) in [6, 6.07) is 15.9. The van der Waals surface area contributed by atoms with Gasteiger partial charge in [0.15, 0.2) is 11.5 Å². The first-order valence-corrected chi connectivity index (χ1v) is 6.82. The van der Waals surface area contributed by atoms with Crippen LogP contribution in [0.5, 0.6) is 11.5 Å². The van der Waals surface area contributed by atoms with Crippen molar-refractivity contribution in [1.29, 1.82) is 0 Å². The van der Waals surface area contributed by atoms with Gasteiger partial charge in [-0.25, -0.2) is 0 Å². The lowest BCUT2D eigenvalue weighted by Crippen LogP contribution is -2.19. The van der Waals surface area contributed by atoms with Gasteiger partial charge < -0.3 is 15.2 Å². The van der Waals surface area contributed by atoms with Gasteiger partial charge in [0.1, 0.15) is 0 Å². The molecule has 0 aromatic heterocycles. The molecule has 0 heterocycles. The monoisotopic (exact) mass is 271 g/mol. The highest BCUT2D eigenvalue weighted by Crippen LogP contribution is 2.26. The molecule has 2 aromatic rings. The molecule has 0 fully saturated rings. The molecule has 3 nitrogen and oxygen atoms in total. The summed E-state index contributed by atoms with van der Waals surface area (Å²) in [4.78, 5) is 0. The van der Waals surface area contributed by atoms with Crippen molar-refractivity contribution in [3.63, 3.8) is 0 Å². The molecule has 106 valence electrons. The minimum atomic E-state index is 0.175. The third kappa shape index (κ3) is 3.75. The van der Waals surface area contributed by atoms with E-state index in [4.69, 9.17) is 4.74 Å². The van der Waals surface area contributed by atoms with E-state index in [-0.39, 0.29) is 5.75 Å². The van der Waals surface area contributed by atoms with E-state index in [0.717, 1.165) is 18.7 Å². The van der Waals surface area contributed by atoms with Crippen LogP contribution in [-0.2, 0) is 6.54 Å². The van der Waals surface area contributed by atoms with E-state index < -0.39 is 0 Å². The van der Waals surface area contributed by atoms with Gasteiger partial charge in [0.25, 0.3) is 0 Å². The zero-order valence-corrected chi connectivity index (χ0v) is 12.0. The quantitative estimate of drug-likeness (QED) is 0.847. The lowest BCUT2D eigenvalue weighted by atomic mass is 10.0. The summed E-state index contributed by atoms with van der Waals surface area (Å²) in [5, 5.41) is 13.0. The first-order chi connectivity index (χ1) is 9.70. The van der Waals surface area contributed by atoms with Crippen molar-refractivity contribution in [3.05, 3.63) is 59.7 Å². The summed E-state index contributed by atoms with van der Waals surface area (Å²) in [6.45, 7) is 3.88. The molecule has 2 N–H and O–H groups in total. The second-order valence-corrected chi connectivity index (χ2v) is 4.95. The van der Waals surface area contributed by atoms with Gasteiger partial charge in [-0.15, -0.1) is 0 Å². The van der Waals surface area contributed by atoms with Crippen LogP contribution in [0.3, 0.4) is 0 Å². The summed E-state index contributed by atoms with van der Waals surface area (Å²) < 4.78 is 5.10. The number of hydrogen-bond donors (Lipinski definition) is 2. The lowest BCUT2D eigenvalue weighted by molar-refractivity contribution is 0.372. The van der Waals surface area contributed by atoms with Crippen molar-refractivity contribution in [2.75, 3.05) is 13.7 Å². The van der Waals surface area contributed by atoms with Gasteiger partial charge >= 0.3 is 0 Å². The van der Waals surface area contributed by atoms with Crippen LogP contribution in [-0.4, -0.2) is 18.8 Å². The van der Waals surface area contributed by atoms with E-state index in [1.165, 1.54) is 5.56 Å². The highest BCUT2D eigenvalue weighted by molar-refractivity contribution is 5.41. The Hall–Kier alpha value is -2.00. The number of nitrogens with one attached hydrogen (secondary N) is 1. The summed E-state index contributed by atoms with van der Waals surface area (Å²) in [5.41, 5.74) is 2.43. The standard InChI is InChI=1S/C17H21NO2/c1-13(15-6-4-3-5-7-15)11-18-12-14-8-9-16(19)17(10-14)20-2/h3-10,13,18-19H,11-12H2,1-2H3. The highest BCUT2D eigenvalue weighted by Gasteiger charge is 2.05. The SMILES string of the molecule is COc1cc(CNCC(C)c2ccccc2)ccc1O.